The Kier molecular flexibility index (Phi) is 3.68. The van der Waals surface area contributed by atoms with Crippen LogP contribution < -0.4 is 4.74 Å². The summed E-state index contributed by atoms with van der Waals surface area (Å²) in [5, 5.41) is 1.27. The summed E-state index contributed by atoms with van der Waals surface area (Å²) < 4.78 is 5.61. The lowest BCUT2D eigenvalue weighted by molar-refractivity contribution is 0.0992. The molecule has 102 valence electrons. The van der Waals surface area contributed by atoms with E-state index in [2.05, 4.69) is 0 Å². The van der Waals surface area contributed by atoms with Crippen LogP contribution in [0.1, 0.15) is 21.5 Å². The quantitative estimate of drug-likeness (QED) is 0.788. The van der Waals surface area contributed by atoms with Gasteiger partial charge in [-0.1, -0.05) is 23.2 Å². The van der Waals surface area contributed by atoms with E-state index in [4.69, 9.17) is 27.9 Å². The van der Waals surface area contributed by atoms with Crippen LogP contribution in [0.5, 0.6) is 5.75 Å². The van der Waals surface area contributed by atoms with Gasteiger partial charge in [0.1, 0.15) is 5.75 Å². The summed E-state index contributed by atoms with van der Waals surface area (Å²) in [5.74, 6) is 0.846. The molecule has 20 heavy (non-hydrogen) atoms. The average Bonchev–Trinajstić information content (AvgIpc) is 2.87. The number of halogens is 2. The third-order valence-corrected chi connectivity index (χ3v) is 3.81. The van der Waals surface area contributed by atoms with Crippen molar-refractivity contribution in [3.63, 3.8) is 0 Å². The molecule has 0 saturated carbocycles. The van der Waals surface area contributed by atoms with Gasteiger partial charge in [-0.3, -0.25) is 4.79 Å². The van der Waals surface area contributed by atoms with Gasteiger partial charge >= 0.3 is 0 Å². The molecule has 0 bridgehead atoms. The summed E-state index contributed by atoms with van der Waals surface area (Å²) >= 11 is 11.9. The van der Waals surface area contributed by atoms with E-state index in [0.717, 1.165) is 23.3 Å². The third kappa shape index (κ3) is 2.67. The zero-order valence-electron chi connectivity index (χ0n) is 10.7. The normalized spacial score (nSPS) is 12.9. The van der Waals surface area contributed by atoms with Crippen molar-refractivity contribution >= 4 is 29.0 Å². The number of Topliss-reactive ketones (excluding diaryl/α,β-unsaturated/α-hetero) is 1. The monoisotopic (exact) mass is 306 g/mol. The van der Waals surface area contributed by atoms with Crippen molar-refractivity contribution in [2.24, 2.45) is 0 Å². The number of ether oxygens (including phenoxy) is 1. The van der Waals surface area contributed by atoms with Crippen molar-refractivity contribution in [1.29, 1.82) is 0 Å². The van der Waals surface area contributed by atoms with E-state index in [9.17, 15) is 4.79 Å². The number of carbonyl (C=O) groups excluding carboxylic acids is 1. The van der Waals surface area contributed by atoms with E-state index < -0.39 is 0 Å². The first-order valence-electron chi connectivity index (χ1n) is 6.36. The first-order valence-corrected chi connectivity index (χ1v) is 7.12. The van der Waals surface area contributed by atoms with Gasteiger partial charge < -0.3 is 4.74 Å². The number of carbonyl (C=O) groups is 1. The molecule has 0 unspecified atom stereocenters. The second-order valence-electron chi connectivity index (χ2n) is 4.76. The predicted octanol–water partition coefficient (Wildman–Crippen LogP) is 4.35. The predicted molar refractivity (Wildman–Crippen MR) is 80.1 cm³/mol. The second-order valence-corrected chi connectivity index (χ2v) is 5.63. The molecule has 0 amide bonds. The van der Waals surface area contributed by atoms with Crippen molar-refractivity contribution in [3.8, 4) is 5.75 Å². The van der Waals surface area contributed by atoms with Crippen LogP contribution in [0.4, 0.5) is 0 Å². The Morgan fingerprint density at radius 1 is 1.10 bits per heavy atom. The molecule has 0 aromatic heterocycles. The molecule has 0 N–H and O–H groups in total. The van der Waals surface area contributed by atoms with Crippen molar-refractivity contribution in [2.45, 2.75) is 12.8 Å². The molecular formula is C16H12Cl2O2. The zero-order valence-corrected chi connectivity index (χ0v) is 12.2. The second kappa shape index (κ2) is 5.47. The smallest absolute Gasteiger partial charge is 0.167 e. The first kappa shape index (κ1) is 13.5. The molecule has 2 nitrogen and oxygen atoms in total. The summed E-state index contributed by atoms with van der Waals surface area (Å²) in [6.45, 7) is 0.651. The van der Waals surface area contributed by atoms with Gasteiger partial charge in [-0.2, -0.15) is 0 Å². The largest absolute Gasteiger partial charge is 0.493 e. The highest BCUT2D eigenvalue weighted by Crippen LogP contribution is 2.33. The Morgan fingerprint density at radius 3 is 2.60 bits per heavy atom. The van der Waals surface area contributed by atoms with Crippen LogP contribution in [-0.2, 0) is 12.8 Å². The van der Waals surface area contributed by atoms with Crippen LogP contribution in [-0.4, -0.2) is 12.4 Å². The van der Waals surface area contributed by atoms with Gasteiger partial charge in [-0.15, -0.1) is 0 Å². The Bertz CT molecular complexity index is 663. The minimum atomic E-state index is 0.0293. The molecule has 2 aromatic carbocycles. The van der Waals surface area contributed by atoms with Gasteiger partial charge in [0, 0.05) is 34.0 Å². The lowest BCUT2D eigenvalue weighted by Crippen LogP contribution is -2.04. The van der Waals surface area contributed by atoms with Crippen molar-refractivity contribution in [1.82, 2.24) is 0 Å². The van der Waals surface area contributed by atoms with Crippen LogP contribution >= 0.6 is 23.2 Å². The van der Waals surface area contributed by atoms with E-state index in [-0.39, 0.29) is 12.2 Å². The van der Waals surface area contributed by atoms with E-state index in [1.807, 2.05) is 6.07 Å². The fraction of sp³-hybridized carbons (Fsp3) is 0.188. The van der Waals surface area contributed by atoms with Crippen molar-refractivity contribution < 1.29 is 9.53 Å². The molecule has 1 aliphatic heterocycles. The average molecular weight is 307 g/mol. The number of hydrogen-bond acceptors (Lipinski definition) is 2. The Hall–Kier alpha value is -1.51. The standard InChI is InChI=1S/C16H12Cl2O2/c17-13-3-1-10(2-4-13)15(19)9-12-8-14(18)7-11-5-6-20-16(11)12/h1-4,7-8H,5-6,9H2. The molecule has 0 fully saturated rings. The summed E-state index contributed by atoms with van der Waals surface area (Å²) in [6.07, 6.45) is 1.13. The highest BCUT2D eigenvalue weighted by atomic mass is 35.5. The SMILES string of the molecule is O=C(Cc1cc(Cl)cc2c1OCC2)c1ccc(Cl)cc1. The summed E-state index contributed by atoms with van der Waals surface area (Å²) in [7, 11) is 0. The lowest BCUT2D eigenvalue weighted by atomic mass is 10.00. The number of ketones is 1. The van der Waals surface area contributed by atoms with Crippen LogP contribution in [0.3, 0.4) is 0 Å². The Balaban J connectivity index is 1.88. The van der Waals surface area contributed by atoms with Gasteiger partial charge in [0.2, 0.25) is 0 Å². The molecule has 1 heterocycles. The molecule has 0 aliphatic carbocycles. The minimum Gasteiger partial charge on any atom is -0.493 e. The topological polar surface area (TPSA) is 26.3 Å². The van der Waals surface area contributed by atoms with E-state index in [0.29, 0.717) is 22.2 Å². The summed E-state index contributed by atoms with van der Waals surface area (Å²) in [6, 6.07) is 10.6. The molecule has 0 radical (unpaired) electrons. The maximum atomic E-state index is 12.3. The van der Waals surface area contributed by atoms with Gasteiger partial charge in [-0.25, -0.2) is 0 Å². The molecule has 1 aliphatic rings. The van der Waals surface area contributed by atoms with Gasteiger partial charge in [-0.05, 0) is 42.0 Å². The third-order valence-electron chi connectivity index (χ3n) is 3.34. The number of benzene rings is 2. The van der Waals surface area contributed by atoms with Crippen molar-refractivity contribution in [2.75, 3.05) is 6.61 Å². The van der Waals surface area contributed by atoms with Crippen LogP contribution in [0.15, 0.2) is 36.4 Å². The van der Waals surface area contributed by atoms with Crippen molar-refractivity contribution in [3.05, 3.63) is 63.1 Å². The minimum absolute atomic E-state index is 0.0293. The summed E-state index contributed by atoms with van der Waals surface area (Å²) in [4.78, 5) is 12.3. The molecular weight excluding hydrogens is 295 g/mol. The highest BCUT2D eigenvalue weighted by molar-refractivity contribution is 6.31. The van der Waals surface area contributed by atoms with Gasteiger partial charge in [0.05, 0.1) is 6.61 Å². The van der Waals surface area contributed by atoms with Gasteiger partial charge in [0.15, 0.2) is 5.78 Å². The Morgan fingerprint density at radius 2 is 1.85 bits per heavy atom. The molecule has 4 heteroatoms. The molecule has 0 atom stereocenters. The van der Waals surface area contributed by atoms with Crippen LogP contribution in [0.25, 0.3) is 0 Å². The molecule has 0 spiro atoms. The number of hydrogen-bond donors (Lipinski definition) is 0. The lowest BCUT2D eigenvalue weighted by Gasteiger charge is -2.08. The number of fused-ring (bicyclic) bond motifs is 1. The highest BCUT2D eigenvalue weighted by Gasteiger charge is 2.19. The molecule has 0 saturated heterocycles. The maximum absolute atomic E-state index is 12.3. The van der Waals surface area contributed by atoms with Crippen LogP contribution in [0, 0.1) is 0 Å². The van der Waals surface area contributed by atoms with E-state index in [1.165, 1.54) is 0 Å². The molecule has 2 aromatic rings. The number of rotatable bonds is 3. The molecule has 3 rings (SSSR count). The maximum Gasteiger partial charge on any atom is 0.167 e. The van der Waals surface area contributed by atoms with E-state index >= 15 is 0 Å². The van der Waals surface area contributed by atoms with Crippen LogP contribution in [0.2, 0.25) is 10.0 Å². The Labute approximate surface area is 127 Å². The summed E-state index contributed by atoms with van der Waals surface area (Å²) in [5.41, 5.74) is 2.57. The van der Waals surface area contributed by atoms with E-state index in [1.54, 1.807) is 30.3 Å². The first-order chi connectivity index (χ1) is 9.63. The fourth-order valence-electron chi connectivity index (χ4n) is 2.39. The van der Waals surface area contributed by atoms with Gasteiger partial charge in [0.25, 0.3) is 0 Å². The zero-order chi connectivity index (χ0) is 14.1. The fourth-order valence-corrected chi connectivity index (χ4v) is 2.78.